The van der Waals surface area contributed by atoms with Crippen LogP contribution in [0.3, 0.4) is 0 Å². The minimum atomic E-state index is -1.44. The molecule has 1 aliphatic carbocycles. The summed E-state index contributed by atoms with van der Waals surface area (Å²) in [4.78, 5) is 2.07. The van der Waals surface area contributed by atoms with Gasteiger partial charge in [-0.1, -0.05) is 65.8 Å². The van der Waals surface area contributed by atoms with Gasteiger partial charge in [0.15, 0.2) is 5.25 Å². The Morgan fingerprint density at radius 3 is 1.91 bits per heavy atom. The Morgan fingerprint density at radius 1 is 0.844 bits per heavy atom. The van der Waals surface area contributed by atoms with Crippen LogP contribution in [-0.2, 0) is 11.2 Å². The second kappa shape index (κ2) is 8.81. The van der Waals surface area contributed by atoms with Crippen molar-refractivity contribution in [2.75, 3.05) is 19.0 Å². The molecule has 0 aliphatic heterocycles. The Morgan fingerprint density at radius 2 is 1.41 bits per heavy atom. The van der Waals surface area contributed by atoms with Crippen molar-refractivity contribution in [2.45, 2.75) is 29.2 Å². The van der Waals surface area contributed by atoms with Gasteiger partial charge in [0.25, 0.3) is 0 Å². The van der Waals surface area contributed by atoms with Crippen LogP contribution < -0.4 is 4.90 Å². The largest absolute Gasteiger partial charge is 0.608 e. The van der Waals surface area contributed by atoms with E-state index in [9.17, 15) is 4.55 Å². The van der Waals surface area contributed by atoms with Gasteiger partial charge in [-0.3, -0.25) is 0 Å². The molecule has 1 aliphatic rings. The molecule has 0 amide bonds. The molecule has 1 saturated carbocycles. The van der Waals surface area contributed by atoms with Crippen molar-refractivity contribution in [3.63, 3.8) is 0 Å². The number of aromatic nitrogens is 3. The van der Waals surface area contributed by atoms with Crippen LogP contribution in [0.5, 0.6) is 0 Å². The van der Waals surface area contributed by atoms with E-state index in [0.29, 0.717) is 11.1 Å². The second-order valence-electron chi connectivity index (χ2n) is 8.36. The summed E-state index contributed by atoms with van der Waals surface area (Å²) in [5.74, 6) is 1.29. The standard InChI is InChI=1S/C26H26N4OS/c1-29(2)22-15-17-23(18-16-22)30-25(21-13-14-21)27-28-26(30)32(31)24(19-9-5-3-6-10-19)20-11-7-4-8-12-20/h3-12,15-18,21,24H,13-14H2,1-2H3. The van der Waals surface area contributed by atoms with E-state index in [2.05, 4.69) is 39.4 Å². The molecule has 5 rings (SSSR count). The van der Waals surface area contributed by atoms with E-state index < -0.39 is 11.2 Å². The van der Waals surface area contributed by atoms with Crippen LogP contribution in [0.1, 0.15) is 41.0 Å². The van der Waals surface area contributed by atoms with Gasteiger partial charge in [0, 0.05) is 48.0 Å². The molecule has 162 valence electrons. The van der Waals surface area contributed by atoms with Gasteiger partial charge in [0.1, 0.15) is 5.82 Å². The van der Waals surface area contributed by atoms with Crippen LogP contribution in [0.4, 0.5) is 5.69 Å². The molecule has 6 heteroatoms. The first-order valence-corrected chi connectivity index (χ1v) is 12.1. The quantitative estimate of drug-likeness (QED) is 0.373. The number of benzene rings is 3. The lowest BCUT2D eigenvalue weighted by Crippen LogP contribution is -2.20. The van der Waals surface area contributed by atoms with Crippen molar-refractivity contribution < 1.29 is 4.55 Å². The van der Waals surface area contributed by atoms with Crippen LogP contribution in [-0.4, -0.2) is 33.4 Å². The van der Waals surface area contributed by atoms with Crippen molar-refractivity contribution in [2.24, 2.45) is 0 Å². The molecule has 0 N–H and O–H groups in total. The molecule has 0 spiro atoms. The van der Waals surface area contributed by atoms with Crippen molar-refractivity contribution in [1.82, 2.24) is 14.8 Å². The molecular formula is C26H26N4OS. The molecule has 1 fully saturated rings. The third-order valence-electron chi connectivity index (χ3n) is 5.82. The summed E-state index contributed by atoms with van der Waals surface area (Å²) in [5.41, 5.74) is 4.07. The van der Waals surface area contributed by atoms with Gasteiger partial charge >= 0.3 is 5.16 Å². The Bertz CT molecular complexity index is 1130. The maximum Gasteiger partial charge on any atom is 0.348 e. The minimum absolute atomic E-state index is 0.326. The molecule has 3 aromatic carbocycles. The number of rotatable bonds is 7. The molecule has 1 aromatic heterocycles. The van der Waals surface area contributed by atoms with Crippen molar-refractivity contribution in [3.05, 3.63) is 102 Å². The zero-order chi connectivity index (χ0) is 22.1. The fourth-order valence-corrected chi connectivity index (χ4v) is 5.48. The zero-order valence-electron chi connectivity index (χ0n) is 18.3. The number of hydrogen-bond acceptors (Lipinski definition) is 4. The molecular weight excluding hydrogens is 416 g/mol. The highest BCUT2D eigenvalue weighted by Gasteiger charge is 2.38. The monoisotopic (exact) mass is 442 g/mol. The molecule has 5 nitrogen and oxygen atoms in total. The highest BCUT2D eigenvalue weighted by molar-refractivity contribution is 7.91. The first kappa shape index (κ1) is 20.8. The summed E-state index contributed by atoms with van der Waals surface area (Å²) < 4.78 is 16.2. The second-order valence-corrected chi connectivity index (χ2v) is 9.79. The Kier molecular flexibility index (Phi) is 5.72. The fraction of sp³-hybridized carbons (Fsp3) is 0.231. The summed E-state index contributed by atoms with van der Waals surface area (Å²) in [5, 5.41) is 9.17. The van der Waals surface area contributed by atoms with Gasteiger partial charge in [0.05, 0.1) is 5.69 Å². The predicted molar refractivity (Wildman–Crippen MR) is 129 cm³/mol. The first-order valence-electron chi connectivity index (χ1n) is 10.9. The van der Waals surface area contributed by atoms with Gasteiger partial charge in [-0.05, 0) is 37.1 Å². The molecule has 1 heterocycles. The van der Waals surface area contributed by atoms with Crippen LogP contribution in [0, 0.1) is 0 Å². The first-order chi connectivity index (χ1) is 15.6. The molecule has 1 atom stereocenters. The molecule has 0 radical (unpaired) electrons. The number of nitrogens with zero attached hydrogens (tertiary/aromatic N) is 4. The van der Waals surface area contributed by atoms with Crippen LogP contribution in [0.25, 0.3) is 5.69 Å². The fourth-order valence-electron chi connectivity index (χ4n) is 3.96. The molecule has 1 unspecified atom stereocenters. The summed E-state index contributed by atoms with van der Waals surface area (Å²) in [6.45, 7) is 0. The van der Waals surface area contributed by atoms with Gasteiger partial charge in [0.2, 0.25) is 0 Å². The normalized spacial score (nSPS) is 14.5. The molecule has 0 saturated heterocycles. The lowest BCUT2D eigenvalue weighted by Gasteiger charge is -2.22. The van der Waals surface area contributed by atoms with E-state index in [1.807, 2.05) is 79.3 Å². The number of hydrogen-bond donors (Lipinski definition) is 0. The van der Waals surface area contributed by atoms with Gasteiger partial charge < -0.3 is 9.45 Å². The summed E-state index contributed by atoms with van der Waals surface area (Å²) >= 11 is -1.44. The average molecular weight is 443 g/mol. The van der Waals surface area contributed by atoms with Crippen LogP contribution >= 0.6 is 0 Å². The van der Waals surface area contributed by atoms with E-state index >= 15 is 0 Å². The zero-order valence-corrected chi connectivity index (χ0v) is 19.1. The minimum Gasteiger partial charge on any atom is -0.608 e. The topological polar surface area (TPSA) is 57.0 Å². The predicted octanol–water partition coefficient (Wildman–Crippen LogP) is 5.11. The Balaban J connectivity index is 1.62. The van der Waals surface area contributed by atoms with E-state index in [1.165, 1.54) is 0 Å². The summed E-state index contributed by atoms with van der Waals surface area (Å²) in [7, 11) is 4.04. The smallest absolute Gasteiger partial charge is 0.348 e. The Hall–Kier alpha value is -3.09. The van der Waals surface area contributed by atoms with Crippen molar-refractivity contribution in [3.8, 4) is 5.69 Å². The highest BCUT2D eigenvalue weighted by Crippen LogP contribution is 2.42. The van der Waals surface area contributed by atoms with Crippen molar-refractivity contribution in [1.29, 1.82) is 0 Å². The van der Waals surface area contributed by atoms with Gasteiger partial charge in [-0.2, -0.15) is 0 Å². The number of anilines is 1. The maximum absolute atomic E-state index is 14.2. The lowest BCUT2D eigenvalue weighted by molar-refractivity contribution is 0.574. The summed E-state index contributed by atoms with van der Waals surface area (Å²) in [6, 6.07) is 28.3. The van der Waals surface area contributed by atoms with E-state index in [4.69, 9.17) is 0 Å². The third-order valence-corrected chi connectivity index (χ3v) is 7.42. The van der Waals surface area contributed by atoms with Crippen LogP contribution in [0.15, 0.2) is 90.1 Å². The third kappa shape index (κ3) is 4.04. The van der Waals surface area contributed by atoms with Gasteiger partial charge in [-0.15, -0.1) is 5.10 Å². The van der Waals surface area contributed by atoms with E-state index in [1.54, 1.807) is 0 Å². The van der Waals surface area contributed by atoms with Gasteiger partial charge in [-0.25, -0.2) is 4.57 Å². The molecule has 32 heavy (non-hydrogen) atoms. The average Bonchev–Trinajstić information content (AvgIpc) is 3.58. The Labute approximate surface area is 191 Å². The van der Waals surface area contributed by atoms with Crippen LogP contribution in [0.2, 0.25) is 0 Å². The van der Waals surface area contributed by atoms with E-state index in [-0.39, 0.29) is 5.25 Å². The van der Waals surface area contributed by atoms with Crippen molar-refractivity contribution >= 4 is 16.9 Å². The SMILES string of the molecule is CN(C)c1ccc(-n2c(C3CC3)nnc2[S+]([O-])C(c2ccccc2)c2ccccc2)cc1. The lowest BCUT2D eigenvalue weighted by atomic mass is 10.0. The summed E-state index contributed by atoms with van der Waals surface area (Å²) in [6.07, 6.45) is 2.20. The highest BCUT2D eigenvalue weighted by atomic mass is 32.2. The molecule has 4 aromatic rings. The molecule has 0 bridgehead atoms. The maximum atomic E-state index is 14.2. The van der Waals surface area contributed by atoms with E-state index in [0.717, 1.165) is 41.2 Å².